The highest BCUT2D eigenvalue weighted by molar-refractivity contribution is 6.00. The zero-order chi connectivity index (χ0) is 11.5. The third-order valence-corrected chi connectivity index (χ3v) is 2.38. The molecule has 0 radical (unpaired) electrons. The Hall–Kier alpha value is -2.04. The molecule has 0 bridgehead atoms. The van der Waals surface area contributed by atoms with Crippen LogP contribution in [0.3, 0.4) is 0 Å². The molecule has 5 nitrogen and oxygen atoms in total. The van der Waals surface area contributed by atoms with Gasteiger partial charge in [-0.3, -0.25) is 10.1 Å². The van der Waals surface area contributed by atoms with E-state index in [0.29, 0.717) is 6.54 Å². The Balaban J connectivity index is 2.05. The lowest BCUT2D eigenvalue weighted by molar-refractivity contribution is -0.121. The summed E-state index contributed by atoms with van der Waals surface area (Å²) in [6.07, 6.45) is 0. The van der Waals surface area contributed by atoms with E-state index in [9.17, 15) is 9.59 Å². The van der Waals surface area contributed by atoms with E-state index in [2.05, 4.69) is 16.0 Å². The van der Waals surface area contributed by atoms with Gasteiger partial charge in [0.1, 0.15) is 6.04 Å². The number of urea groups is 1. The molecule has 1 aliphatic rings. The Morgan fingerprint density at radius 2 is 2.19 bits per heavy atom. The molecule has 0 spiro atoms. The molecule has 0 saturated carbocycles. The molecule has 1 unspecified atom stereocenters. The lowest BCUT2D eigenvalue weighted by Crippen LogP contribution is -2.57. The van der Waals surface area contributed by atoms with Crippen molar-refractivity contribution in [3.05, 3.63) is 29.8 Å². The Bertz CT molecular complexity index is 431. The SMILES string of the molecule is Cc1cccc(NC2CNC(=O)NC2=O)c1. The molecule has 84 valence electrons. The van der Waals surface area contributed by atoms with Crippen molar-refractivity contribution in [3.63, 3.8) is 0 Å². The van der Waals surface area contributed by atoms with Crippen LogP contribution in [0.15, 0.2) is 24.3 Å². The Morgan fingerprint density at radius 1 is 1.38 bits per heavy atom. The maximum absolute atomic E-state index is 11.5. The summed E-state index contributed by atoms with van der Waals surface area (Å²) in [5.41, 5.74) is 1.99. The van der Waals surface area contributed by atoms with Gasteiger partial charge in [-0.05, 0) is 24.6 Å². The highest BCUT2D eigenvalue weighted by Gasteiger charge is 2.25. The van der Waals surface area contributed by atoms with Gasteiger partial charge in [0.05, 0.1) is 0 Å². The number of carbonyl (C=O) groups is 2. The van der Waals surface area contributed by atoms with Crippen LogP contribution >= 0.6 is 0 Å². The van der Waals surface area contributed by atoms with E-state index in [0.717, 1.165) is 11.3 Å². The van der Waals surface area contributed by atoms with E-state index >= 15 is 0 Å². The minimum atomic E-state index is -0.438. The van der Waals surface area contributed by atoms with Crippen LogP contribution in [0.5, 0.6) is 0 Å². The standard InChI is InChI=1S/C11H13N3O2/c1-7-3-2-4-8(5-7)13-9-6-12-11(16)14-10(9)15/h2-5,9,13H,6H2,1H3,(H2,12,14,15,16). The largest absolute Gasteiger partial charge is 0.372 e. The van der Waals surface area contributed by atoms with Gasteiger partial charge in [-0.2, -0.15) is 0 Å². The molecular formula is C11H13N3O2. The van der Waals surface area contributed by atoms with Crippen LogP contribution in [0, 0.1) is 6.92 Å². The van der Waals surface area contributed by atoms with Gasteiger partial charge in [-0.25, -0.2) is 4.79 Å². The average molecular weight is 219 g/mol. The van der Waals surface area contributed by atoms with Crippen LogP contribution in [0.25, 0.3) is 0 Å². The number of aryl methyl sites for hydroxylation is 1. The number of rotatable bonds is 2. The fraction of sp³-hybridized carbons (Fsp3) is 0.273. The second kappa shape index (κ2) is 4.22. The van der Waals surface area contributed by atoms with Crippen LogP contribution in [-0.4, -0.2) is 24.5 Å². The number of amides is 3. The molecule has 1 atom stereocenters. The molecule has 1 aromatic carbocycles. The maximum atomic E-state index is 11.5. The van der Waals surface area contributed by atoms with Gasteiger partial charge < -0.3 is 10.6 Å². The van der Waals surface area contributed by atoms with E-state index in [1.807, 2.05) is 31.2 Å². The fourth-order valence-corrected chi connectivity index (χ4v) is 1.58. The lowest BCUT2D eigenvalue weighted by Gasteiger charge is -2.23. The molecule has 3 amide bonds. The van der Waals surface area contributed by atoms with E-state index in [1.165, 1.54) is 0 Å². The number of carbonyl (C=O) groups excluding carboxylic acids is 2. The summed E-state index contributed by atoms with van der Waals surface area (Å²) in [6.45, 7) is 2.28. The first-order valence-corrected chi connectivity index (χ1v) is 5.07. The summed E-state index contributed by atoms with van der Waals surface area (Å²) in [7, 11) is 0. The quantitative estimate of drug-likeness (QED) is 0.682. The monoisotopic (exact) mass is 219 g/mol. The van der Waals surface area contributed by atoms with Crippen molar-refractivity contribution in [2.75, 3.05) is 11.9 Å². The first-order chi connectivity index (χ1) is 7.65. The molecule has 3 N–H and O–H groups in total. The Kier molecular flexibility index (Phi) is 2.76. The number of hydrogen-bond donors (Lipinski definition) is 3. The topological polar surface area (TPSA) is 70.2 Å². The summed E-state index contributed by atoms with van der Waals surface area (Å²) in [5, 5.41) is 7.84. The summed E-state index contributed by atoms with van der Waals surface area (Å²) >= 11 is 0. The molecule has 5 heteroatoms. The van der Waals surface area contributed by atoms with Crippen LogP contribution < -0.4 is 16.0 Å². The summed E-state index contributed by atoms with van der Waals surface area (Å²) in [5.74, 6) is -0.301. The van der Waals surface area contributed by atoms with Gasteiger partial charge in [-0.1, -0.05) is 12.1 Å². The fourth-order valence-electron chi connectivity index (χ4n) is 1.58. The summed E-state index contributed by atoms with van der Waals surface area (Å²) in [6, 6.07) is 6.87. The van der Waals surface area contributed by atoms with E-state index < -0.39 is 12.1 Å². The molecule has 1 aromatic rings. The highest BCUT2D eigenvalue weighted by Crippen LogP contribution is 2.11. The smallest absolute Gasteiger partial charge is 0.321 e. The van der Waals surface area contributed by atoms with Gasteiger partial charge in [0.15, 0.2) is 0 Å². The third-order valence-electron chi connectivity index (χ3n) is 2.38. The highest BCUT2D eigenvalue weighted by atomic mass is 16.2. The second-order valence-corrected chi connectivity index (χ2v) is 3.77. The molecule has 1 saturated heterocycles. The van der Waals surface area contributed by atoms with Crippen molar-refractivity contribution < 1.29 is 9.59 Å². The number of hydrogen-bond acceptors (Lipinski definition) is 3. The molecule has 0 aromatic heterocycles. The van der Waals surface area contributed by atoms with E-state index in [4.69, 9.17) is 0 Å². The van der Waals surface area contributed by atoms with Gasteiger partial charge in [0.25, 0.3) is 5.91 Å². The average Bonchev–Trinajstić information content (AvgIpc) is 2.22. The van der Waals surface area contributed by atoms with Crippen LogP contribution in [0.1, 0.15) is 5.56 Å². The van der Waals surface area contributed by atoms with Crippen LogP contribution in [0.2, 0.25) is 0 Å². The first-order valence-electron chi connectivity index (χ1n) is 5.07. The number of anilines is 1. The predicted molar refractivity (Wildman–Crippen MR) is 60.1 cm³/mol. The summed E-state index contributed by atoms with van der Waals surface area (Å²) < 4.78 is 0. The van der Waals surface area contributed by atoms with Gasteiger partial charge in [-0.15, -0.1) is 0 Å². The molecule has 1 aliphatic heterocycles. The van der Waals surface area contributed by atoms with Crippen molar-refractivity contribution in [3.8, 4) is 0 Å². The normalized spacial score (nSPS) is 19.9. The van der Waals surface area contributed by atoms with Crippen molar-refractivity contribution >= 4 is 17.6 Å². The minimum Gasteiger partial charge on any atom is -0.372 e. The van der Waals surface area contributed by atoms with E-state index in [-0.39, 0.29) is 5.91 Å². The van der Waals surface area contributed by atoms with Crippen molar-refractivity contribution in [1.29, 1.82) is 0 Å². The number of nitrogens with one attached hydrogen (secondary N) is 3. The van der Waals surface area contributed by atoms with Crippen molar-refractivity contribution in [2.24, 2.45) is 0 Å². The lowest BCUT2D eigenvalue weighted by atomic mass is 10.2. The minimum absolute atomic E-state index is 0.301. The zero-order valence-electron chi connectivity index (χ0n) is 8.91. The molecule has 1 heterocycles. The van der Waals surface area contributed by atoms with Crippen molar-refractivity contribution in [1.82, 2.24) is 10.6 Å². The molecule has 1 fully saturated rings. The molecular weight excluding hydrogens is 206 g/mol. The van der Waals surface area contributed by atoms with Crippen molar-refractivity contribution in [2.45, 2.75) is 13.0 Å². The Morgan fingerprint density at radius 3 is 2.88 bits per heavy atom. The predicted octanol–water partition coefficient (Wildman–Crippen LogP) is 0.615. The zero-order valence-corrected chi connectivity index (χ0v) is 8.91. The molecule has 2 rings (SSSR count). The van der Waals surface area contributed by atoms with E-state index in [1.54, 1.807) is 0 Å². The Labute approximate surface area is 93.2 Å². The third kappa shape index (κ3) is 2.31. The summed E-state index contributed by atoms with van der Waals surface area (Å²) in [4.78, 5) is 22.3. The molecule has 16 heavy (non-hydrogen) atoms. The van der Waals surface area contributed by atoms with Gasteiger partial charge in [0.2, 0.25) is 0 Å². The first kappa shape index (κ1) is 10.5. The van der Waals surface area contributed by atoms with Crippen LogP contribution in [-0.2, 0) is 4.79 Å². The maximum Gasteiger partial charge on any atom is 0.321 e. The second-order valence-electron chi connectivity index (χ2n) is 3.77. The van der Waals surface area contributed by atoms with Gasteiger partial charge in [0, 0.05) is 12.2 Å². The number of benzene rings is 1. The van der Waals surface area contributed by atoms with Crippen LogP contribution in [0.4, 0.5) is 10.5 Å². The number of imide groups is 1. The van der Waals surface area contributed by atoms with Gasteiger partial charge >= 0.3 is 6.03 Å². The molecule has 0 aliphatic carbocycles.